The van der Waals surface area contributed by atoms with Gasteiger partial charge >= 0.3 is 5.97 Å². The lowest BCUT2D eigenvalue weighted by Gasteiger charge is -2.13. The SMILES string of the molecule is CC(Cc1cccc([N+](=O)[O-])c1)C(=O)Nc1ccccc1C(=O)O. The first kappa shape index (κ1) is 17.1. The molecule has 0 aromatic heterocycles. The molecule has 1 unspecified atom stereocenters. The molecule has 2 rings (SSSR count). The molecule has 124 valence electrons. The molecule has 0 bridgehead atoms. The van der Waals surface area contributed by atoms with Crippen LogP contribution >= 0.6 is 0 Å². The number of nitro benzene ring substituents is 1. The van der Waals surface area contributed by atoms with E-state index in [4.69, 9.17) is 5.11 Å². The minimum atomic E-state index is -1.13. The second-order valence-electron chi connectivity index (χ2n) is 5.37. The predicted molar refractivity (Wildman–Crippen MR) is 88.0 cm³/mol. The number of para-hydroxylation sites is 1. The average molecular weight is 328 g/mol. The number of nitrogens with one attached hydrogen (secondary N) is 1. The standard InChI is InChI=1S/C17H16N2O5/c1-11(9-12-5-4-6-13(10-12)19(23)24)16(20)18-15-8-3-2-7-14(15)17(21)22/h2-8,10-11H,9H2,1H3,(H,18,20)(H,21,22). The fraction of sp³-hybridized carbons (Fsp3) is 0.176. The van der Waals surface area contributed by atoms with Gasteiger partial charge < -0.3 is 10.4 Å². The molecule has 0 aliphatic rings. The third-order valence-corrected chi connectivity index (χ3v) is 3.53. The normalized spacial score (nSPS) is 11.5. The molecule has 7 nitrogen and oxygen atoms in total. The van der Waals surface area contributed by atoms with Gasteiger partial charge in [-0.25, -0.2) is 4.79 Å². The van der Waals surface area contributed by atoms with Crippen LogP contribution in [-0.2, 0) is 11.2 Å². The van der Waals surface area contributed by atoms with Gasteiger partial charge in [-0.15, -0.1) is 0 Å². The lowest BCUT2D eigenvalue weighted by Crippen LogP contribution is -2.23. The highest BCUT2D eigenvalue weighted by molar-refractivity contribution is 6.01. The lowest BCUT2D eigenvalue weighted by atomic mass is 9.99. The van der Waals surface area contributed by atoms with Crippen LogP contribution in [0.5, 0.6) is 0 Å². The molecular formula is C17H16N2O5. The molecule has 2 aromatic carbocycles. The van der Waals surface area contributed by atoms with Crippen molar-refractivity contribution in [1.29, 1.82) is 0 Å². The van der Waals surface area contributed by atoms with Gasteiger partial charge in [0.15, 0.2) is 0 Å². The Morgan fingerprint density at radius 2 is 1.92 bits per heavy atom. The van der Waals surface area contributed by atoms with Crippen molar-refractivity contribution in [2.24, 2.45) is 5.92 Å². The number of hydrogen-bond acceptors (Lipinski definition) is 4. The van der Waals surface area contributed by atoms with Crippen molar-refractivity contribution in [2.45, 2.75) is 13.3 Å². The van der Waals surface area contributed by atoms with Crippen LogP contribution in [0.25, 0.3) is 0 Å². The van der Waals surface area contributed by atoms with Crippen molar-refractivity contribution in [3.05, 3.63) is 69.8 Å². The van der Waals surface area contributed by atoms with Gasteiger partial charge in [-0.1, -0.05) is 31.2 Å². The van der Waals surface area contributed by atoms with Gasteiger partial charge in [0.1, 0.15) is 0 Å². The van der Waals surface area contributed by atoms with E-state index in [1.165, 1.54) is 24.3 Å². The largest absolute Gasteiger partial charge is 0.478 e. The van der Waals surface area contributed by atoms with Crippen molar-refractivity contribution in [1.82, 2.24) is 0 Å². The molecule has 0 heterocycles. The van der Waals surface area contributed by atoms with Gasteiger partial charge in [0.2, 0.25) is 5.91 Å². The zero-order valence-electron chi connectivity index (χ0n) is 12.9. The minimum absolute atomic E-state index is 0.00778. The Kier molecular flexibility index (Phi) is 5.26. The van der Waals surface area contributed by atoms with Crippen LogP contribution in [0.4, 0.5) is 11.4 Å². The molecule has 0 fully saturated rings. The number of carboxylic acid groups (broad SMARTS) is 1. The summed E-state index contributed by atoms with van der Waals surface area (Å²) in [6, 6.07) is 12.2. The molecule has 7 heteroatoms. The summed E-state index contributed by atoms with van der Waals surface area (Å²) in [7, 11) is 0. The third-order valence-electron chi connectivity index (χ3n) is 3.53. The third kappa shape index (κ3) is 4.16. The highest BCUT2D eigenvalue weighted by atomic mass is 16.6. The fourth-order valence-electron chi connectivity index (χ4n) is 2.28. The van der Waals surface area contributed by atoms with E-state index in [-0.39, 0.29) is 22.8 Å². The quantitative estimate of drug-likeness (QED) is 0.625. The number of nitro groups is 1. The first-order chi connectivity index (χ1) is 11.4. The molecule has 0 aliphatic carbocycles. The second-order valence-corrected chi connectivity index (χ2v) is 5.37. The van der Waals surface area contributed by atoms with Crippen LogP contribution in [0.15, 0.2) is 48.5 Å². The minimum Gasteiger partial charge on any atom is -0.478 e. The number of nitrogens with zero attached hydrogens (tertiary/aromatic N) is 1. The van der Waals surface area contributed by atoms with Crippen molar-refractivity contribution >= 4 is 23.3 Å². The maximum atomic E-state index is 12.3. The van der Waals surface area contributed by atoms with E-state index in [2.05, 4.69) is 5.32 Å². The summed E-state index contributed by atoms with van der Waals surface area (Å²) in [4.78, 5) is 33.7. The molecular weight excluding hydrogens is 312 g/mol. The molecule has 1 atom stereocenters. The maximum absolute atomic E-state index is 12.3. The Labute approximate surface area is 138 Å². The van der Waals surface area contributed by atoms with E-state index in [1.54, 1.807) is 31.2 Å². The van der Waals surface area contributed by atoms with Crippen molar-refractivity contribution in [2.75, 3.05) is 5.32 Å². The first-order valence-corrected chi connectivity index (χ1v) is 7.25. The van der Waals surface area contributed by atoms with Crippen LogP contribution in [0, 0.1) is 16.0 Å². The summed E-state index contributed by atoms with van der Waals surface area (Å²) in [6.45, 7) is 1.68. The summed E-state index contributed by atoms with van der Waals surface area (Å²) >= 11 is 0. The molecule has 0 saturated carbocycles. The molecule has 0 aliphatic heterocycles. The van der Waals surface area contributed by atoms with E-state index >= 15 is 0 Å². The predicted octanol–water partition coefficient (Wildman–Crippen LogP) is 3.11. The lowest BCUT2D eigenvalue weighted by molar-refractivity contribution is -0.384. The van der Waals surface area contributed by atoms with Crippen LogP contribution in [0.1, 0.15) is 22.8 Å². The average Bonchev–Trinajstić information content (AvgIpc) is 2.55. The molecule has 0 radical (unpaired) electrons. The Morgan fingerprint density at radius 3 is 2.58 bits per heavy atom. The summed E-state index contributed by atoms with van der Waals surface area (Å²) in [5, 5.41) is 22.5. The highest BCUT2D eigenvalue weighted by Gasteiger charge is 2.18. The number of anilines is 1. The Bertz CT molecular complexity index is 788. The van der Waals surface area contributed by atoms with Crippen LogP contribution < -0.4 is 5.32 Å². The highest BCUT2D eigenvalue weighted by Crippen LogP contribution is 2.19. The summed E-state index contributed by atoms with van der Waals surface area (Å²) in [6.07, 6.45) is 0.308. The molecule has 0 saturated heterocycles. The monoisotopic (exact) mass is 328 g/mol. The van der Waals surface area contributed by atoms with E-state index in [0.717, 1.165) is 0 Å². The molecule has 24 heavy (non-hydrogen) atoms. The zero-order valence-corrected chi connectivity index (χ0v) is 12.9. The van der Waals surface area contributed by atoms with Gasteiger partial charge in [0.25, 0.3) is 5.69 Å². The zero-order chi connectivity index (χ0) is 17.7. The summed E-state index contributed by atoms with van der Waals surface area (Å²) in [5.41, 5.74) is 0.865. The molecule has 2 N–H and O–H groups in total. The van der Waals surface area contributed by atoms with Gasteiger partial charge in [0, 0.05) is 18.1 Å². The van der Waals surface area contributed by atoms with Crippen LogP contribution in [0.2, 0.25) is 0 Å². The number of amides is 1. The van der Waals surface area contributed by atoms with E-state index in [9.17, 15) is 19.7 Å². The number of aromatic carboxylic acids is 1. The molecule has 2 aromatic rings. The van der Waals surface area contributed by atoms with Gasteiger partial charge in [-0.3, -0.25) is 14.9 Å². The number of non-ortho nitro benzene ring substituents is 1. The number of rotatable bonds is 6. The van der Waals surface area contributed by atoms with Gasteiger partial charge in [0.05, 0.1) is 16.2 Å². The van der Waals surface area contributed by atoms with Crippen molar-refractivity contribution < 1.29 is 19.6 Å². The topological polar surface area (TPSA) is 110 Å². The maximum Gasteiger partial charge on any atom is 0.337 e. The van der Waals surface area contributed by atoms with Crippen molar-refractivity contribution in [3.8, 4) is 0 Å². The van der Waals surface area contributed by atoms with Gasteiger partial charge in [-0.05, 0) is 24.1 Å². The number of benzene rings is 2. The Balaban J connectivity index is 2.09. The number of hydrogen-bond donors (Lipinski definition) is 2. The van der Waals surface area contributed by atoms with E-state index in [0.29, 0.717) is 12.0 Å². The van der Waals surface area contributed by atoms with Crippen LogP contribution in [-0.4, -0.2) is 21.9 Å². The van der Waals surface area contributed by atoms with Crippen molar-refractivity contribution in [3.63, 3.8) is 0 Å². The van der Waals surface area contributed by atoms with Crippen LogP contribution in [0.3, 0.4) is 0 Å². The number of carbonyl (C=O) groups is 2. The van der Waals surface area contributed by atoms with E-state index < -0.39 is 16.8 Å². The number of carbonyl (C=O) groups excluding carboxylic acids is 1. The fourth-order valence-corrected chi connectivity index (χ4v) is 2.28. The molecule has 1 amide bonds. The first-order valence-electron chi connectivity index (χ1n) is 7.25. The van der Waals surface area contributed by atoms with Gasteiger partial charge in [-0.2, -0.15) is 0 Å². The summed E-state index contributed by atoms with van der Waals surface area (Å²) in [5.74, 6) is -1.96. The Morgan fingerprint density at radius 1 is 1.21 bits per heavy atom. The Hall–Kier alpha value is -3.22. The smallest absolute Gasteiger partial charge is 0.337 e. The number of carboxylic acids is 1. The summed E-state index contributed by atoms with van der Waals surface area (Å²) < 4.78 is 0. The second kappa shape index (κ2) is 7.36. The molecule has 0 spiro atoms. The van der Waals surface area contributed by atoms with E-state index in [1.807, 2.05) is 0 Å².